The third kappa shape index (κ3) is 3.18. The van der Waals surface area contributed by atoms with Gasteiger partial charge in [0, 0.05) is 22.4 Å². The van der Waals surface area contributed by atoms with E-state index in [1.165, 1.54) is 16.6 Å². The number of aromatic nitrogens is 5. The van der Waals surface area contributed by atoms with Crippen molar-refractivity contribution in [1.29, 1.82) is 5.26 Å². The number of nitriles is 1. The fourth-order valence-corrected chi connectivity index (χ4v) is 3.38. The van der Waals surface area contributed by atoms with Crippen LogP contribution in [0.2, 0.25) is 0 Å². The van der Waals surface area contributed by atoms with Crippen molar-refractivity contribution < 1.29 is 19.2 Å². The van der Waals surface area contributed by atoms with Gasteiger partial charge >= 0.3 is 5.97 Å². The maximum atomic E-state index is 11.2. The summed E-state index contributed by atoms with van der Waals surface area (Å²) in [6.07, 6.45) is 0. The zero-order valence-electron chi connectivity index (χ0n) is 16.7. The molecule has 0 aliphatic carbocycles. The molecule has 3 heterocycles. The van der Waals surface area contributed by atoms with E-state index in [0.29, 0.717) is 34.4 Å². The van der Waals surface area contributed by atoms with Crippen LogP contribution in [-0.4, -0.2) is 36.0 Å². The number of aryl methyl sites for hydroxylation is 1. The number of carboxylic acids is 1. The summed E-state index contributed by atoms with van der Waals surface area (Å²) >= 11 is 0. The average molecular weight is 426 g/mol. The second kappa shape index (κ2) is 7.48. The molecule has 2 aromatic carbocycles. The highest BCUT2D eigenvalue weighted by Crippen LogP contribution is 2.29. The molecule has 0 saturated carbocycles. The molecular formula is C22H14N6O4. The maximum Gasteiger partial charge on any atom is 0.335 e. The third-order valence-corrected chi connectivity index (χ3v) is 4.93. The summed E-state index contributed by atoms with van der Waals surface area (Å²) in [5.41, 5.74) is 1.82. The quantitative estimate of drug-likeness (QED) is 0.448. The first-order valence-corrected chi connectivity index (χ1v) is 9.52. The molecule has 0 aliphatic rings. The molecule has 0 atom stereocenters. The van der Waals surface area contributed by atoms with Gasteiger partial charge in [0.05, 0.1) is 17.2 Å². The van der Waals surface area contributed by atoms with E-state index >= 15 is 0 Å². The standard InChI is InChI=1S/C22H14N6O4/c1-12-8-18(27-32-12)20-25-24-19-16-4-2-3-5-17(16)21(26-28(19)20)31-11-14-7-6-13(22(29)30)9-15(14)10-23/h2-9H,11H2,1H3,(H,29,30). The van der Waals surface area contributed by atoms with Crippen LogP contribution in [0.5, 0.6) is 5.88 Å². The highest BCUT2D eigenvalue weighted by Gasteiger charge is 2.19. The first-order valence-electron chi connectivity index (χ1n) is 9.52. The van der Waals surface area contributed by atoms with E-state index in [1.54, 1.807) is 19.1 Å². The van der Waals surface area contributed by atoms with E-state index in [-0.39, 0.29) is 17.7 Å². The Morgan fingerprint density at radius 2 is 2.00 bits per heavy atom. The van der Waals surface area contributed by atoms with Crippen molar-refractivity contribution in [2.75, 3.05) is 0 Å². The van der Waals surface area contributed by atoms with Gasteiger partial charge in [0.2, 0.25) is 11.7 Å². The molecule has 1 N–H and O–H groups in total. The van der Waals surface area contributed by atoms with E-state index in [9.17, 15) is 10.1 Å². The van der Waals surface area contributed by atoms with Crippen molar-refractivity contribution >= 4 is 22.4 Å². The Morgan fingerprint density at radius 3 is 2.72 bits per heavy atom. The molecule has 0 radical (unpaired) electrons. The van der Waals surface area contributed by atoms with E-state index < -0.39 is 5.97 Å². The number of aromatic carboxylic acids is 1. The van der Waals surface area contributed by atoms with Gasteiger partial charge in [0.25, 0.3) is 0 Å². The maximum absolute atomic E-state index is 11.2. The summed E-state index contributed by atoms with van der Waals surface area (Å²) in [5.74, 6) is 0.231. The van der Waals surface area contributed by atoms with E-state index in [1.807, 2.05) is 30.3 Å². The number of benzene rings is 2. The highest BCUT2D eigenvalue weighted by molar-refractivity contribution is 5.97. The number of ether oxygens (including phenoxy) is 1. The van der Waals surface area contributed by atoms with E-state index in [0.717, 1.165) is 10.8 Å². The van der Waals surface area contributed by atoms with Gasteiger partial charge in [-0.3, -0.25) is 0 Å². The van der Waals surface area contributed by atoms with Crippen LogP contribution >= 0.6 is 0 Å². The first-order chi connectivity index (χ1) is 15.5. The van der Waals surface area contributed by atoms with Crippen molar-refractivity contribution in [3.05, 3.63) is 71.0 Å². The topological polar surface area (TPSA) is 139 Å². The van der Waals surface area contributed by atoms with Crippen LogP contribution in [0.15, 0.2) is 53.1 Å². The van der Waals surface area contributed by atoms with Crippen molar-refractivity contribution in [3.63, 3.8) is 0 Å². The molecule has 0 bridgehead atoms. The smallest absolute Gasteiger partial charge is 0.335 e. The minimum Gasteiger partial charge on any atom is -0.478 e. The summed E-state index contributed by atoms with van der Waals surface area (Å²) in [6.45, 7) is 1.80. The van der Waals surface area contributed by atoms with Crippen molar-refractivity contribution in [1.82, 2.24) is 25.0 Å². The predicted molar refractivity (Wildman–Crippen MR) is 111 cm³/mol. The Kier molecular flexibility index (Phi) is 4.49. The average Bonchev–Trinajstić information content (AvgIpc) is 3.43. The molecule has 0 spiro atoms. The Morgan fingerprint density at radius 1 is 1.19 bits per heavy atom. The largest absolute Gasteiger partial charge is 0.478 e. The Bertz CT molecular complexity index is 1550. The fraction of sp³-hybridized carbons (Fsp3) is 0.0909. The van der Waals surface area contributed by atoms with Gasteiger partial charge in [-0.1, -0.05) is 29.4 Å². The molecule has 10 heteroatoms. The number of hydrogen-bond acceptors (Lipinski definition) is 8. The minimum atomic E-state index is -1.10. The molecule has 32 heavy (non-hydrogen) atoms. The molecule has 10 nitrogen and oxygen atoms in total. The Balaban J connectivity index is 1.59. The summed E-state index contributed by atoms with van der Waals surface area (Å²) in [6, 6.07) is 15.5. The van der Waals surface area contributed by atoms with Crippen LogP contribution in [0.25, 0.3) is 27.9 Å². The van der Waals surface area contributed by atoms with Crippen LogP contribution in [0.1, 0.15) is 27.2 Å². The van der Waals surface area contributed by atoms with Gasteiger partial charge in [-0.25, -0.2) is 4.79 Å². The van der Waals surface area contributed by atoms with Gasteiger partial charge in [-0.2, -0.15) is 9.78 Å². The van der Waals surface area contributed by atoms with Crippen molar-refractivity contribution in [3.8, 4) is 23.5 Å². The Labute approximate surface area is 180 Å². The number of fused-ring (bicyclic) bond motifs is 3. The zero-order valence-corrected chi connectivity index (χ0v) is 16.7. The van der Waals surface area contributed by atoms with Crippen molar-refractivity contribution in [2.24, 2.45) is 0 Å². The number of nitrogens with zero attached hydrogens (tertiary/aromatic N) is 6. The minimum absolute atomic E-state index is 0.0197. The SMILES string of the molecule is Cc1cc(-c2nnc3c4ccccc4c(OCc4ccc(C(=O)O)cc4C#N)nn23)no1. The lowest BCUT2D eigenvalue weighted by Crippen LogP contribution is -2.05. The molecule has 5 aromatic rings. The molecule has 0 aliphatic heterocycles. The number of carboxylic acid groups (broad SMARTS) is 1. The Hall–Kier alpha value is -4.78. The summed E-state index contributed by atoms with van der Waals surface area (Å²) in [4.78, 5) is 11.2. The predicted octanol–water partition coefficient (Wildman–Crippen LogP) is 3.39. The van der Waals surface area contributed by atoms with Crippen molar-refractivity contribution in [2.45, 2.75) is 13.5 Å². The monoisotopic (exact) mass is 426 g/mol. The molecule has 0 saturated heterocycles. The molecule has 3 aromatic heterocycles. The third-order valence-electron chi connectivity index (χ3n) is 4.93. The van der Waals surface area contributed by atoms with Crippen LogP contribution < -0.4 is 4.74 Å². The molecule has 5 rings (SSSR count). The normalized spacial score (nSPS) is 11.0. The number of carbonyl (C=O) groups is 1. The van der Waals surface area contributed by atoms with Crippen LogP contribution in [-0.2, 0) is 6.61 Å². The summed E-state index contributed by atoms with van der Waals surface area (Å²) in [7, 11) is 0. The lowest BCUT2D eigenvalue weighted by molar-refractivity contribution is 0.0696. The van der Waals surface area contributed by atoms with Gasteiger partial charge in [-0.05, 0) is 25.1 Å². The van der Waals surface area contributed by atoms with E-state index in [2.05, 4.69) is 20.5 Å². The molecule has 0 unspecified atom stereocenters. The number of rotatable bonds is 5. The molecule has 156 valence electrons. The van der Waals surface area contributed by atoms with Crippen LogP contribution in [0.4, 0.5) is 0 Å². The lowest BCUT2D eigenvalue weighted by atomic mass is 10.1. The molecule has 0 amide bonds. The molecule has 0 fully saturated rings. The second-order valence-electron chi connectivity index (χ2n) is 7.01. The summed E-state index contributed by atoms with van der Waals surface area (Å²) in [5, 5.41) is 37.1. The molecular weight excluding hydrogens is 412 g/mol. The first kappa shape index (κ1) is 19.2. The van der Waals surface area contributed by atoms with Gasteiger partial charge in [0.15, 0.2) is 11.3 Å². The van der Waals surface area contributed by atoms with Crippen LogP contribution in [0, 0.1) is 18.3 Å². The highest BCUT2D eigenvalue weighted by atomic mass is 16.5. The fourth-order valence-electron chi connectivity index (χ4n) is 3.38. The zero-order chi connectivity index (χ0) is 22.2. The van der Waals surface area contributed by atoms with Gasteiger partial charge in [-0.15, -0.1) is 15.3 Å². The second-order valence-corrected chi connectivity index (χ2v) is 7.01. The van der Waals surface area contributed by atoms with Gasteiger partial charge < -0.3 is 14.4 Å². The van der Waals surface area contributed by atoms with E-state index in [4.69, 9.17) is 14.4 Å². The lowest BCUT2D eigenvalue weighted by Gasteiger charge is -2.11. The number of hydrogen-bond donors (Lipinski definition) is 1. The van der Waals surface area contributed by atoms with Crippen LogP contribution in [0.3, 0.4) is 0 Å². The summed E-state index contributed by atoms with van der Waals surface area (Å²) < 4.78 is 12.7. The van der Waals surface area contributed by atoms with Gasteiger partial charge in [0.1, 0.15) is 12.4 Å².